The fraction of sp³-hybridized carbons (Fsp3) is 0.444. The van der Waals surface area contributed by atoms with E-state index in [9.17, 15) is 9.90 Å². The third kappa shape index (κ3) is 4.74. The molecule has 0 bridgehead atoms. The Kier molecular flexibility index (Phi) is 5.60. The van der Waals surface area contributed by atoms with E-state index in [1.165, 1.54) is 0 Å². The Labute approximate surface area is 152 Å². The molecule has 25 heavy (non-hydrogen) atoms. The quantitative estimate of drug-likeness (QED) is 0.780. The van der Waals surface area contributed by atoms with Gasteiger partial charge in [-0.05, 0) is 50.3 Å². The van der Waals surface area contributed by atoms with Crippen LogP contribution in [0.5, 0.6) is 0 Å². The zero-order valence-electron chi connectivity index (χ0n) is 14.2. The molecule has 0 unspecified atom stereocenters. The van der Waals surface area contributed by atoms with Gasteiger partial charge in [0.25, 0.3) is 0 Å². The summed E-state index contributed by atoms with van der Waals surface area (Å²) in [6.45, 7) is 2.47. The van der Waals surface area contributed by atoms with Crippen LogP contribution in [-0.2, 0) is 6.54 Å². The second-order valence-corrected chi connectivity index (χ2v) is 7.00. The highest BCUT2D eigenvalue weighted by Crippen LogP contribution is 2.20. The lowest BCUT2D eigenvalue weighted by Crippen LogP contribution is -2.41. The van der Waals surface area contributed by atoms with Gasteiger partial charge in [-0.1, -0.05) is 23.7 Å². The van der Waals surface area contributed by atoms with Crippen molar-refractivity contribution in [2.75, 3.05) is 5.32 Å². The molecule has 3 N–H and O–H groups in total. The number of urea groups is 1. The van der Waals surface area contributed by atoms with E-state index in [0.717, 1.165) is 36.8 Å². The summed E-state index contributed by atoms with van der Waals surface area (Å²) in [7, 11) is 0. The Hall–Kier alpha value is -2.05. The second-order valence-electron chi connectivity index (χ2n) is 6.56. The van der Waals surface area contributed by atoms with Crippen molar-refractivity contribution in [3.05, 3.63) is 46.6 Å². The van der Waals surface area contributed by atoms with E-state index in [0.29, 0.717) is 17.4 Å². The largest absolute Gasteiger partial charge is 0.393 e. The molecule has 7 heteroatoms. The van der Waals surface area contributed by atoms with Crippen LogP contribution in [0.25, 0.3) is 0 Å². The number of carbonyl (C=O) groups is 1. The van der Waals surface area contributed by atoms with Gasteiger partial charge in [-0.15, -0.1) is 0 Å². The van der Waals surface area contributed by atoms with E-state index in [4.69, 9.17) is 11.6 Å². The average Bonchev–Trinajstić information content (AvgIpc) is 2.92. The summed E-state index contributed by atoms with van der Waals surface area (Å²) >= 11 is 5.92. The average molecular weight is 363 g/mol. The van der Waals surface area contributed by atoms with Gasteiger partial charge in [0.1, 0.15) is 5.82 Å². The molecule has 2 amide bonds. The molecular formula is C18H23ClN4O2. The highest BCUT2D eigenvalue weighted by molar-refractivity contribution is 6.30. The highest BCUT2D eigenvalue weighted by atomic mass is 35.5. The number of anilines is 1. The van der Waals surface area contributed by atoms with Gasteiger partial charge in [-0.25, -0.2) is 9.48 Å². The summed E-state index contributed by atoms with van der Waals surface area (Å²) in [4.78, 5) is 12.3. The Morgan fingerprint density at radius 2 is 1.96 bits per heavy atom. The maximum atomic E-state index is 12.3. The van der Waals surface area contributed by atoms with Crippen molar-refractivity contribution in [3.63, 3.8) is 0 Å². The SMILES string of the molecule is Cc1cnn(Cc2ccc(Cl)cc2)c1NC(=O)NC1CCC(O)CC1. The highest BCUT2D eigenvalue weighted by Gasteiger charge is 2.21. The zero-order valence-corrected chi connectivity index (χ0v) is 15.0. The predicted molar refractivity (Wildman–Crippen MR) is 97.9 cm³/mol. The van der Waals surface area contributed by atoms with Crippen molar-refractivity contribution in [2.45, 2.75) is 51.3 Å². The van der Waals surface area contributed by atoms with Crippen LogP contribution in [0.15, 0.2) is 30.5 Å². The summed E-state index contributed by atoms with van der Waals surface area (Å²) < 4.78 is 1.77. The Morgan fingerprint density at radius 1 is 1.28 bits per heavy atom. The number of nitrogens with zero attached hydrogens (tertiary/aromatic N) is 2. The van der Waals surface area contributed by atoms with E-state index in [2.05, 4.69) is 15.7 Å². The normalized spacial score (nSPS) is 20.3. The number of aryl methyl sites for hydroxylation is 1. The lowest BCUT2D eigenvalue weighted by Gasteiger charge is -2.26. The van der Waals surface area contributed by atoms with Gasteiger partial charge in [0.05, 0.1) is 18.8 Å². The lowest BCUT2D eigenvalue weighted by molar-refractivity contribution is 0.118. The number of aliphatic hydroxyl groups is 1. The molecule has 0 aliphatic heterocycles. The molecule has 6 nitrogen and oxygen atoms in total. The van der Waals surface area contributed by atoms with E-state index in [-0.39, 0.29) is 18.2 Å². The predicted octanol–water partition coefficient (Wildman–Crippen LogP) is 3.32. The summed E-state index contributed by atoms with van der Waals surface area (Å²) in [5, 5.41) is 20.5. The van der Waals surface area contributed by atoms with Gasteiger partial charge in [-0.2, -0.15) is 5.10 Å². The van der Waals surface area contributed by atoms with Gasteiger partial charge in [0.2, 0.25) is 0 Å². The number of halogens is 1. The molecule has 1 aliphatic rings. The van der Waals surface area contributed by atoms with Crippen LogP contribution in [0.2, 0.25) is 5.02 Å². The molecule has 1 aromatic carbocycles. The van der Waals surface area contributed by atoms with Gasteiger partial charge >= 0.3 is 6.03 Å². The smallest absolute Gasteiger partial charge is 0.320 e. The number of nitrogens with one attached hydrogen (secondary N) is 2. The Bertz CT molecular complexity index is 721. The Balaban J connectivity index is 1.63. The van der Waals surface area contributed by atoms with Crippen LogP contribution in [0.4, 0.5) is 10.6 Å². The van der Waals surface area contributed by atoms with Gasteiger partial charge in [0.15, 0.2) is 0 Å². The number of benzene rings is 1. The third-order valence-electron chi connectivity index (χ3n) is 4.53. The minimum atomic E-state index is -0.234. The Morgan fingerprint density at radius 3 is 2.64 bits per heavy atom. The minimum absolute atomic E-state index is 0.108. The van der Waals surface area contributed by atoms with E-state index in [1.807, 2.05) is 31.2 Å². The first-order valence-electron chi connectivity index (χ1n) is 8.53. The molecule has 0 saturated heterocycles. The van der Waals surface area contributed by atoms with Crippen molar-refractivity contribution in [3.8, 4) is 0 Å². The monoisotopic (exact) mass is 362 g/mol. The van der Waals surface area contributed by atoms with Crippen LogP contribution in [0.3, 0.4) is 0 Å². The molecule has 1 saturated carbocycles. The molecule has 2 aromatic rings. The van der Waals surface area contributed by atoms with Crippen LogP contribution in [0.1, 0.15) is 36.8 Å². The molecule has 134 valence electrons. The molecule has 1 heterocycles. The molecule has 0 radical (unpaired) electrons. The minimum Gasteiger partial charge on any atom is -0.393 e. The topological polar surface area (TPSA) is 79.2 Å². The number of hydrogen-bond donors (Lipinski definition) is 3. The second kappa shape index (κ2) is 7.89. The van der Waals surface area contributed by atoms with Gasteiger partial charge in [0, 0.05) is 16.6 Å². The summed E-state index contributed by atoms with van der Waals surface area (Å²) in [5.41, 5.74) is 1.96. The van der Waals surface area contributed by atoms with E-state index >= 15 is 0 Å². The third-order valence-corrected chi connectivity index (χ3v) is 4.78. The lowest BCUT2D eigenvalue weighted by atomic mass is 9.93. The fourth-order valence-corrected chi connectivity index (χ4v) is 3.20. The molecule has 1 aromatic heterocycles. The first-order chi connectivity index (χ1) is 12.0. The maximum Gasteiger partial charge on any atom is 0.320 e. The number of hydrogen-bond acceptors (Lipinski definition) is 3. The number of rotatable bonds is 4. The van der Waals surface area contributed by atoms with Crippen molar-refractivity contribution in [1.82, 2.24) is 15.1 Å². The number of amides is 2. The van der Waals surface area contributed by atoms with Gasteiger partial charge < -0.3 is 10.4 Å². The summed E-state index contributed by atoms with van der Waals surface area (Å²) in [5.74, 6) is 0.684. The maximum absolute atomic E-state index is 12.3. The molecule has 1 aliphatic carbocycles. The van der Waals surface area contributed by atoms with Crippen molar-refractivity contribution in [1.29, 1.82) is 0 Å². The molecule has 0 atom stereocenters. The van der Waals surface area contributed by atoms with Crippen molar-refractivity contribution < 1.29 is 9.90 Å². The molecular weight excluding hydrogens is 340 g/mol. The van der Waals surface area contributed by atoms with Crippen molar-refractivity contribution >= 4 is 23.4 Å². The molecule has 3 rings (SSSR count). The van der Waals surface area contributed by atoms with E-state index in [1.54, 1.807) is 10.9 Å². The number of aromatic nitrogens is 2. The van der Waals surface area contributed by atoms with Crippen molar-refractivity contribution in [2.24, 2.45) is 0 Å². The summed E-state index contributed by atoms with van der Waals surface area (Å²) in [6.07, 6.45) is 4.58. The van der Waals surface area contributed by atoms with E-state index < -0.39 is 0 Å². The molecule has 0 spiro atoms. The van der Waals surface area contributed by atoms with Crippen LogP contribution in [0, 0.1) is 6.92 Å². The van der Waals surface area contributed by atoms with Crippen LogP contribution < -0.4 is 10.6 Å². The van der Waals surface area contributed by atoms with Gasteiger partial charge in [-0.3, -0.25) is 5.32 Å². The zero-order chi connectivity index (χ0) is 17.8. The fourth-order valence-electron chi connectivity index (χ4n) is 3.07. The number of carbonyl (C=O) groups excluding carboxylic acids is 1. The molecule has 1 fully saturated rings. The first-order valence-corrected chi connectivity index (χ1v) is 8.91. The standard InChI is InChI=1S/C18H23ClN4O2/c1-12-10-20-23(11-13-2-4-14(19)5-3-13)17(12)22-18(25)21-15-6-8-16(24)9-7-15/h2-5,10,15-16,24H,6-9,11H2,1H3,(H2,21,22,25). The number of aliphatic hydroxyl groups excluding tert-OH is 1. The summed E-state index contributed by atoms with van der Waals surface area (Å²) in [6, 6.07) is 7.43. The first kappa shape index (κ1) is 17.8. The van der Waals surface area contributed by atoms with Crippen LogP contribution in [-0.4, -0.2) is 33.1 Å². The van der Waals surface area contributed by atoms with Crippen LogP contribution >= 0.6 is 11.6 Å².